The first-order valence-corrected chi connectivity index (χ1v) is 10.8. The second-order valence-electron chi connectivity index (χ2n) is 7.44. The first-order chi connectivity index (χ1) is 13.6. The molecule has 4 rings (SSSR count). The SMILES string of the molecule is CC1CCN(C(=O)CN2CCN(c3ccccc3F)CC2)c2ccccc2S1. The Balaban J connectivity index is 1.39. The molecule has 1 atom stereocenters. The van der Waals surface area contributed by atoms with Gasteiger partial charge in [0, 0.05) is 42.9 Å². The Morgan fingerprint density at radius 1 is 1.00 bits per heavy atom. The lowest BCUT2D eigenvalue weighted by atomic mass is 10.2. The first kappa shape index (κ1) is 19.3. The van der Waals surface area contributed by atoms with E-state index in [0.717, 1.165) is 44.8 Å². The normalized spacial score (nSPS) is 20.6. The molecule has 148 valence electrons. The number of thioether (sulfide) groups is 1. The zero-order chi connectivity index (χ0) is 19.5. The number of amides is 1. The Morgan fingerprint density at radius 2 is 1.68 bits per heavy atom. The fourth-order valence-electron chi connectivity index (χ4n) is 3.88. The van der Waals surface area contributed by atoms with Gasteiger partial charge in [0.15, 0.2) is 0 Å². The fourth-order valence-corrected chi connectivity index (χ4v) is 4.99. The molecular formula is C22H26FN3OS. The van der Waals surface area contributed by atoms with Gasteiger partial charge >= 0.3 is 0 Å². The summed E-state index contributed by atoms with van der Waals surface area (Å²) in [5, 5.41) is 0.503. The van der Waals surface area contributed by atoms with E-state index in [0.29, 0.717) is 17.5 Å². The van der Waals surface area contributed by atoms with Crippen LogP contribution >= 0.6 is 11.8 Å². The standard InChI is InChI=1S/C22H26FN3OS/c1-17-10-11-26(20-8-4-5-9-21(20)28-17)22(27)16-24-12-14-25(15-13-24)19-7-3-2-6-18(19)23/h2-9,17H,10-16H2,1H3. The van der Waals surface area contributed by atoms with Gasteiger partial charge in [-0.1, -0.05) is 31.2 Å². The first-order valence-electron chi connectivity index (χ1n) is 9.89. The van der Waals surface area contributed by atoms with E-state index in [2.05, 4.69) is 22.8 Å². The minimum atomic E-state index is -0.181. The third-order valence-corrected chi connectivity index (χ3v) is 6.71. The molecule has 0 N–H and O–H groups in total. The predicted molar refractivity (Wildman–Crippen MR) is 114 cm³/mol. The number of rotatable bonds is 3. The molecule has 0 bridgehead atoms. The monoisotopic (exact) mass is 399 g/mol. The van der Waals surface area contributed by atoms with E-state index in [1.807, 2.05) is 47.0 Å². The summed E-state index contributed by atoms with van der Waals surface area (Å²) < 4.78 is 14.0. The number of carbonyl (C=O) groups is 1. The molecule has 2 aromatic rings. The van der Waals surface area contributed by atoms with Crippen molar-refractivity contribution in [3.05, 3.63) is 54.3 Å². The van der Waals surface area contributed by atoms with E-state index in [1.165, 1.54) is 11.0 Å². The summed E-state index contributed by atoms with van der Waals surface area (Å²) in [6, 6.07) is 15.1. The van der Waals surface area contributed by atoms with Crippen molar-refractivity contribution in [2.45, 2.75) is 23.5 Å². The number of para-hydroxylation sites is 2. The van der Waals surface area contributed by atoms with Crippen molar-refractivity contribution in [2.75, 3.05) is 49.1 Å². The number of nitrogens with zero attached hydrogens (tertiary/aromatic N) is 3. The molecule has 1 fully saturated rings. The van der Waals surface area contributed by atoms with E-state index in [4.69, 9.17) is 0 Å². The van der Waals surface area contributed by atoms with Crippen LogP contribution in [0, 0.1) is 5.82 Å². The smallest absolute Gasteiger partial charge is 0.241 e. The van der Waals surface area contributed by atoms with Crippen LogP contribution in [0.5, 0.6) is 0 Å². The van der Waals surface area contributed by atoms with Gasteiger partial charge < -0.3 is 9.80 Å². The van der Waals surface area contributed by atoms with Crippen molar-refractivity contribution in [1.29, 1.82) is 0 Å². The molecule has 2 aromatic carbocycles. The number of benzene rings is 2. The average molecular weight is 400 g/mol. The number of halogens is 1. The lowest BCUT2D eigenvalue weighted by Crippen LogP contribution is -2.50. The molecule has 2 aliphatic rings. The number of carbonyl (C=O) groups excluding carboxylic acids is 1. The van der Waals surface area contributed by atoms with Gasteiger partial charge in [-0.05, 0) is 30.7 Å². The maximum atomic E-state index is 14.0. The van der Waals surface area contributed by atoms with Crippen LogP contribution in [0.15, 0.2) is 53.4 Å². The van der Waals surface area contributed by atoms with E-state index in [1.54, 1.807) is 6.07 Å². The minimum Gasteiger partial charge on any atom is -0.367 e. The van der Waals surface area contributed by atoms with Crippen LogP contribution in [0.1, 0.15) is 13.3 Å². The summed E-state index contributed by atoms with van der Waals surface area (Å²) in [5.74, 6) is -0.0266. The molecule has 1 unspecified atom stereocenters. The Hall–Kier alpha value is -2.05. The van der Waals surface area contributed by atoms with Gasteiger partial charge in [0.1, 0.15) is 5.82 Å². The Kier molecular flexibility index (Phi) is 5.87. The van der Waals surface area contributed by atoms with E-state index in [9.17, 15) is 9.18 Å². The Labute approximate surface area is 170 Å². The zero-order valence-electron chi connectivity index (χ0n) is 16.2. The highest BCUT2D eigenvalue weighted by molar-refractivity contribution is 8.00. The van der Waals surface area contributed by atoms with Crippen LogP contribution in [-0.2, 0) is 4.79 Å². The molecule has 6 heteroatoms. The van der Waals surface area contributed by atoms with E-state index < -0.39 is 0 Å². The highest BCUT2D eigenvalue weighted by Gasteiger charge is 2.27. The van der Waals surface area contributed by atoms with Gasteiger partial charge in [-0.2, -0.15) is 0 Å². The van der Waals surface area contributed by atoms with E-state index in [-0.39, 0.29) is 11.7 Å². The topological polar surface area (TPSA) is 26.8 Å². The van der Waals surface area contributed by atoms with Gasteiger partial charge in [0.2, 0.25) is 5.91 Å². The van der Waals surface area contributed by atoms with E-state index >= 15 is 0 Å². The lowest BCUT2D eigenvalue weighted by Gasteiger charge is -2.36. The largest absolute Gasteiger partial charge is 0.367 e. The molecule has 1 amide bonds. The highest BCUT2D eigenvalue weighted by Crippen LogP contribution is 2.37. The summed E-state index contributed by atoms with van der Waals surface area (Å²) in [7, 11) is 0. The molecule has 0 radical (unpaired) electrons. The lowest BCUT2D eigenvalue weighted by molar-refractivity contribution is -0.119. The van der Waals surface area contributed by atoms with Crippen molar-refractivity contribution < 1.29 is 9.18 Å². The summed E-state index contributed by atoms with van der Waals surface area (Å²) in [5.41, 5.74) is 1.69. The fraction of sp³-hybridized carbons (Fsp3) is 0.409. The third-order valence-electron chi connectivity index (χ3n) is 5.47. The van der Waals surface area contributed by atoms with Gasteiger partial charge in [-0.3, -0.25) is 9.69 Å². The third kappa shape index (κ3) is 4.18. The summed E-state index contributed by atoms with van der Waals surface area (Å²) in [6.45, 7) is 6.39. The second kappa shape index (κ2) is 8.53. The van der Waals surface area contributed by atoms with Gasteiger partial charge in [-0.25, -0.2) is 4.39 Å². The Bertz CT molecular complexity index is 838. The molecule has 4 nitrogen and oxygen atoms in total. The molecule has 2 aliphatic heterocycles. The van der Waals surface area contributed by atoms with Gasteiger partial charge in [0.25, 0.3) is 0 Å². The molecule has 0 aliphatic carbocycles. The van der Waals surface area contributed by atoms with Crippen molar-refractivity contribution in [3.63, 3.8) is 0 Å². The average Bonchev–Trinajstić information content (AvgIpc) is 2.87. The van der Waals surface area contributed by atoms with Crippen molar-refractivity contribution >= 4 is 29.0 Å². The number of piperazine rings is 1. The molecule has 0 aromatic heterocycles. The number of fused-ring (bicyclic) bond motifs is 1. The zero-order valence-corrected chi connectivity index (χ0v) is 17.0. The maximum Gasteiger partial charge on any atom is 0.241 e. The van der Waals surface area contributed by atoms with Crippen LogP contribution in [-0.4, -0.2) is 55.3 Å². The summed E-state index contributed by atoms with van der Waals surface area (Å²) in [6.07, 6.45) is 0.992. The van der Waals surface area contributed by atoms with Crippen LogP contribution in [0.25, 0.3) is 0 Å². The van der Waals surface area contributed by atoms with Crippen molar-refractivity contribution in [1.82, 2.24) is 4.90 Å². The quantitative estimate of drug-likeness (QED) is 0.783. The van der Waals surface area contributed by atoms with Crippen molar-refractivity contribution in [3.8, 4) is 0 Å². The van der Waals surface area contributed by atoms with Crippen LogP contribution in [0.4, 0.5) is 15.8 Å². The van der Waals surface area contributed by atoms with Gasteiger partial charge in [-0.15, -0.1) is 11.8 Å². The minimum absolute atomic E-state index is 0.154. The highest BCUT2D eigenvalue weighted by atomic mass is 32.2. The summed E-state index contributed by atoms with van der Waals surface area (Å²) >= 11 is 1.85. The molecule has 0 spiro atoms. The summed E-state index contributed by atoms with van der Waals surface area (Å²) in [4.78, 5) is 20.5. The van der Waals surface area contributed by atoms with Crippen LogP contribution in [0.3, 0.4) is 0 Å². The Morgan fingerprint density at radius 3 is 2.43 bits per heavy atom. The number of hydrogen-bond donors (Lipinski definition) is 0. The second-order valence-corrected chi connectivity index (χ2v) is 8.93. The number of anilines is 2. The molecular weight excluding hydrogens is 373 g/mol. The van der Waals surface area contributed by atoms with Crippen molar-refractivity contribution in [2.24, 2.45) is 0 Å². The maximum absolute atomic E-state index is 14.0. The molecule has 28 heavy (non-hydrogen) atoms. The van der Waals surface area contributed by atoms with Gasteiger partial charge in [0.05, 0.1) is 17.9 Å². The van der Waals surface area contributed by atoms with Crippen LogP contribution < -0.4 is 9.80 Å². The number of hydrogen-bond acceptors (Lipinski definition) is 4. The molecule has 1 saturated heterocycles. The van der Waals surface area contributed by atoms with Crippen LogP contribution in [0.2, 0.25) is 0 Å². The molecule has 0 saturated carbocycles. The molecule has 2 heterocycles. The predicted octanol–water partition coefficient (Wildman–Crippen LogP) is 3.87.